The fourth-order valence-electron chi connectivity index (χ4n) is 5.83. The highest BCUT2D eigenvalue weighted by Crippen LogP contribution is 2.35. The Morgan fingerprint density at radius 3 is 2.29 bits per heavy atom. The highest BCUT2D eigenvalue weighted by Gasteiger charge is 2.22. The molecule has 0 unspecified atom stereocenters. The van der Waals surface area contributed by atoms with E-state index in [1.54, 1.807) is 17.0 Å². The summed E-state index contributed by atoms with van der Waals surface area (Å²) >= 11 is 0. The first-order valence-electron chi connectivity index (χ1n) is 16.7. The summed E-state index contributed by atoms with van der Waals surface area (Å²) in [6, 6.07) is 23.0. The number of hydrogen-bond donors (Lipinski definition) is 3. The van der Waals surface area contributed by atoms with Gasteiger partial charge in [0.1, 0.15) is 11.3 Å². The van der Waals surface area contributed by atoms with Gasteiger partial charge in [-0.05, 0) is 71.3 Å². The molecular formula is C40H44N6O2. The Kier molecular flexibility index (Phi) is 11.4. The fourth-order valence-corrected chi connectivity index (χ4v) is 5.83. The normalized spacial score (nSPS) is 11.1. The van der Waals surface area contributed by atoms with Crippen molar-refractivity contribution in [2.75, 3.05) is 17.2 Å². The Morgan fingerprint density at radius 2 is 1.58 bits per heavy atom. The second-order valence-electron chi connectivity index (χ2n) is 12.4. The zero-order valence-electron chi connectivity index (χ0n) is 28.4. The molecule has 0 saturated carbocycles. The van der Waals surface area contributed by atoms with Crippen LogP contribution in [0.5, 0.6) is 0 Å². The second-order valence-corrected chi connectivity index (χ2v) is 12.4. The van der Waals surface area contributed by atoms with Crippen molar-refractivity contribution in [3.8, 4) is 23.0 Å². The van der Waals surface area contributed by atoms with E-state index in [1.165, 1.54) is 0 Å². The van der Waals surface area contributed by atoms with Gasteiger partial charge in [0, 0.05) is 47.7 Å². The van der Waals surface area contributed by atoms with Gasteiger partial charge in [-0.15, -0.1) is 0 Å². The minimum absolute atomic E-state index is 0.196. The first-order chi connectivity index (χ1) is 23.3. The van der Waals surface area contributed by atoms with Crippen LogP contribution in [-0.2, 0) is 13.1 Å². The number of carbonyl (C=O) groups is 1. The van der Waals surface area contributed by atoms with Crippen LogP contribution in [0.25, 0.3) is 22.2 Å². The van der Waals surface area contributed by atoms with Gasteiger partial charge in [0.25, 0.3) is 5.56 Å². The number of aryl methyl sites for hydroxylation is 1. The number of urea groups is 1. The zero-order valence-corrected chi connectivity index (χ0v) is 28.4. The molecule has 2 amide bonds. The third-order valence-corrected chi connectivity index (χ3v) is 8.24. The molecule has 5 rings (SSSR count). The summed E-state index contributed by atoms with van der Waals surface area (Å²) in [4.78, 5) is 37.2. The molecule has 3 heterocycles. The van der Waals surface area contributed by atoms with Gasteiger partial charge in [-0.3, -0.25) is 14.3 Å². The van der Waals surface area contributed by atoms with Gasteiger partial charge in [0.05, 0.1) is 12.2 Å². The van der Waals surface area contributed by atoms with E-state index in [4.69, 9.17) is 0 Å². The molecule has 0 radical (unpaired) electrons. The third kappa shape index (κ3) is 7.99. The Morgan fingerprint density at radius 1 is 0.854 bits per heavy atom. The van der Waals surface area contributed by atoms with Crippen LogP contribution in [0.2, 0.25) is 0 Å². The van der Waals surface area contributed by atoms with Crippen LogP contribution in [0, 0.1) is 11.8 Å². The largest absolute Gasteiger partial charge is 0.323 e. The van der Waals surface area contributed by atoms with E-state index < -0.39 is 6.03 Å². The summed E-state index contributed by atoms with van der Waals surface area (Å²) in [6.45, 7) is 12.1. The molecule has 2 aromatic carbocycles. The number of para-hydroxylation sites is 1. The van der Waals surface area contributed by atoms with E-state index in [-0.39, 0.29) is 23.1 Å². The maximum atomic E-state index is 14.3. The Hall–Kier alpha value is -5.26. The second kappa shape index (κ2) is 16.0. The van der Waals surface area contributed by atoms with Crippen LogP contribution in [0.4, 0.5) is 16.2 Å². The van der Waals surface area contributed by atoms with Crippen LogP contribution in [0.15, 0.2) is 90.0 Å². The standard InChI is InChI=1S/C40H44N6O2/c1-6-7-24-46-38-34(20-13-23-43-38)35(30-16-10-14-29(25-30)15-12-21-41-26-31-17-8-9-22-42-31)37(39(46)47)45-40(48)44-36-32(27(2)3)18-11-19-33(36)28(4)5/h8-11,13-14,16-20,22-23,25,27-28,41H,6-7,21,24,26H2,1-5H3,(H2,44,45,48). The van der Waals surface area contributed by atoms with Crippen LogP contribution >= 0.6 is 0 Å². The Balaban J connectivity index is 1.54. The fraction of sp³-hybridized carbons (Fsp3) is 0.300. The summed E-state index contributed by atoms with van der Waals surface area (Å²) in [6.07, 6.45) is 5.18. The number of nitrogens with one attached hydrogen (secondary N) is 3. The topological polar surface area (TPSA) is 101 Å². The third-order valence-electron chi connectivity index (χ3n) is 8.24. The first-order valence-corrected chi connectivity index (χ1v) is 16.7. The van der Waals surface area contributed by atoms with E-state index in [1.807, 2.05) is 72.8 Å². The van der Waals surface area contributed by atoms with Gasteiger partial charge >= 0.3 is 6.03 Å². The lowest BCUT2D eigenvalue weighted by atomic mass is 9.93. The van der Waals surface area contributed by atoms with E-state index in [0.29, 0.717) is 30.8 Å². The van der Waals surface area contributed by atoms with Gasteiger partial charge < -0.3 is 16.0 Å². The number of aromatic nitrogens is 3. The van der Waals surface area contributed by atoms with Crippen LogP contribution < -0.4 is 21.5 Å². The molecule has 3 N–H and O–H groups in total. The van der Waals surface area contributed by atoms with Crippen molar-refractivity contribution in [1.29, 1.82) is 0 Å². The van der Waals surface area contributed by atoms with E-state index in [9.17, 15) is 9.59 Å². The molecule has 8 heteroatoms. The lowest BCUT2D eigenvalue weighted by Gasteiger charge is -2.21. The number of rotatable bonds is 11. The molecule has 5 aromatic rings. The molecule has 0 aliphatic heterocycles. The number of hydrogen-bond acceptors (Lipinski definition) is 5. The highest BCUT2D eigenvalue weighted by atomic mass is 16.2. The van der Waals surface area contributed by atoms with Crippen molar-refractivity contribution in [3.63, 3.8) is 0 Å². The SMILES string of the molecule is CCCCn1c(=O)c(NC(=O)Nc2c(C(C)C)cccc2C(C)C)c(-c2cccc(C#CCNCc3ccccn3)c2)c2cccnc21. The van der Waals surface area contributed by atoms with Gasteiger partial charge in [0.2, 0.25) is 0 Å². The number of pyridine rings is 3. The lowest BCUT2D eigenvalue weighted by molar-refractivity contribution is 0.262. The van der Waals surface area contributed by atoms with Crippen molar-refractivity contribution in [2.45, 2.75) is 72.4 Å². The van der Waals surface area contributed by atoms with Crippen molar-refractivity contribution in [3.05, 3.63) is 118 Å². The first kappa shape index (κ1) is 34.1. The summed E-state index contributed by atoms with van der Waals surface area (Å²) < 4.78 is 1.68. The summed E-state index contributed by atoms with van der Waals surface area (Å²) in [5.74, 6) is 6.82. The number of carbonyl (C=O) groups excluding carboxylic acids is 1. The monoisotopic (exact) mass is 640 g/mol. The molecule has 0 atom stereocenters. The number of amides is 2. The molecule has 0 saturated heterocycles. The van der Waals surface area contributed by atoms with Crippen molar-refractivity contribution >= 4 is 28.4 Å². The van der Waals surface area contributed by atoms with E-state index >= 15 is 0 Å². The molecule has 0 spiro atoms. The molecule has 0 fully saturated rings. The number of fused-ring (bicyclic) bond motifs is 1. The molecular weight excluding hydrogens is 596 g/mol. The number of unbranched alkanes of at least 4 members (excludes halogenated alkanes) is 1. The van der Waals surface area contributed by atoms with Gasteiger partial charge in [-0.1, -0.05) is 89.3 Å². The summed E-state index contributed by atoms with van der Waals surface area (Å²) in [5, 5.41) is 10.2. The highest BCUT2D eigenvalue weighted by molar-refractivity contribution is 6.07. The molecule has 0 aliphatic carbocycles. The maximum absolute atomic E-state index is 14.3. The minimum atomic E-state index is -0.469. The summed E-state index contributed by atoms with van der Waals surface area (Å²) in [5.41, 5.74) is 6.49. The average molecular weight is 641 g/mol. The number of nitrogens with zero attached hydrogens (tertiary/aromatic N) is 3. The molecule has 48 heavy (non-hydrogen) atoms. The maximum Gasteiger partial charge on any atom is 0.323 e. The van der Waals surface area contributed by atoms with Gasteiger partial charge in [0.15, 0.2) is 0 Å². The molecule has 246 valence electrons. The van der Waals surface area contributed by atoms with Gasteiger partial charge in [-0.25, -0.2) is 9.78 Å². The van der Waals surface area contributed by atoms with E-state index in [0.717, 1.165) is 51.9 Å². The predicted molar refractivity (Wildman–Crippen MR) is 196 cm³/mol. The van der Waals surface area contributed by atoms with E-state index in [2.05, 4.69) is 72.4 Å². The minimum Gasteiger partial charge on any atom is -0.307 e. The number of anilines is 2. The Bertz CT molecular complexity index is 1980. The summed E-state index contributed by atoms with van der Waals surface area (Å²) in [7, 11) is 0. The van der Waals surface area contributed by atoms with Crippen LogP contribution in [-0.4, -0.2) is 27.1 Å². The molecule has 3 aromatic heterocycles. The quantitative estimate of drug-likeness (QED) is 0.0996. The zero-order chi connectivity index (χ0) is 34.0. The molecule has 8 nitrogen and oxygen atoms in total. The van der Waals surface area contributed by atoms with Crippen LogP contribution in [0.3, 0.4) is 0 Å². The van der Waals surface area contributed by atoms with Crippen molar-refractivity contribution in [1.82, 2.24) is 19.9 Å². The van der Waals surface area contributed by atoms with Gasteiger partial charge in [-0.2, -0.15) is 0 Å². The van der Waals surface area contributed by atoms with Crippen molar-refractivity contribution in [2.24, 2.45) is 0 Å². The predicted octanol–water partition coefficient (Wildman–Crippen LogP) is 8.29. The van der Waals surface area contributed by atoms with Crippen molar-refractivity contribution < 1.29 is 4.79 Å². The average Bonchev–Trinajstić information content (AvgIpc) is 3.08. The molecule has 0 bridgehead atoms. The molecule has 0 aliphatic rings. The van der Waals surface area contributed by atoms with Crippen LogP contribution in [0.1, 0.15) is 81.7 Å². The lowest BCUT2D eigenvalue weighted by Crippen LogP contribution is -2.30. The smallest absolute Gasteiger partial charge is 0.307 e. The number of benzene rings is 2. The Labute approximate surface area is 283 Å².